The van der Waals surface area contributed by atoms with Gasteiger partial charge in [-0.15, -0.1) is 0 Å². The Labute approximate surface area is 83.7 Å². The van der Waals surface area contributed by atoms with Gasteiger partial charge in [0.1, 0.15) is 0 Å². The van der Waals surface area contributed by atoms with Crippen molar-refractivity contribution in [1.82, 2.24) is 0 Å². The Kier molecular flexibility index (Phi) is 3.00. The van der Waals surface area contributed by atoms with Crippen LogP contribution in [0.4, 0.5) is 0 Å². The van der Waals surface area contributed by atoms with E-state index in [1.54, 1.807) is 31.2 Å². The first-order chi connectivity index (χ1) is 6.67. The summed E-state index contributed by atoms with van der Waals surface area (Å²) in [6.07, 6.45) is 7.13. The summed E-state index contributed by atoms with van der Waals surface area (Å²) in [7, 11) is 0. The molecule has 0 aromatic rings. The van der Waals surface area contributed by atoms with E-state index in [2.05, 4.69) is 0 Å². The molecule has 0 saturated heterocycles. The molecule has 3 nitrogen and oxygen atoms in total. The minimum absolute atomic E-state index is 0.243. The van der Waals surface area contributed by atoms with Gasteiger partial charge in [-0.3, -0.25) is 0 Å². The summed E-state index contributed by atoms with van der Waals surface area (Å²) in [5.74, 6) is 0. The fourth-order valence-corrected chi connectivity index (χ4v) is 9.58. The van der Waals surface area contributed by atoms with Crippen LogP contribution in [0.15, 0.2) is 24.3 Å². The Morgan fingerprint density at radius 2 is 1.50 bits per heavy atom. The van der Waals surface area contributed by atoms with Crippen molar-refractivity contribution >= 4 is 14.0 Å². The molecule has 0 radical (unpaired) electrons. The molecular weight excluding hydrogens is 352 g/mol. The molecule has 0 bridgehead atoms. The monoisotopic (exact) mass is 365 g/mol. The third-order valence-corrected chi connectivity index (χ3v) is 18.5. The van der Waals surface area contributed by atoms with Crippen molar-refractivity contribution < 1.29 is 29.2 Å². The van der Waals surface area contributed by atoms with Crippen molar-refractivity contribution in [3.63, 3.8) is 0 Å². The van der Waals surface area contributed by atoms with Crippen LogP contribution in [0.3, 0.4) is 0 Å². The number of hydrogen-bond donors (Lipinski definition) is 0. The topological polar surface area (TPSA) is 51.2 Å². The van der Waals surface area contributed by atoms with Crippen molar-refractivity contribution in [2.45, 2.75) is 16.0 Å². The molecule has 4 heteroatoms. The molecule has 0 amide bonds. The molecule has 77 valence electrons. The van der Waals surface area contributed by atoms with Gasteiger partial charge < -0.3 is 0 Å². The summed E-state index contributed by atoms with van der Waals surface area (Å²) in [4.78, 5) is 34.0. The third kappa shape index (κ3) is 1.27. The quantitative estimate of drug-likeness (QED) is 0.696. The van der Waals surface area contributed by atoms with Gasteiger partial charge in [0.25, 0.3) is 0 Å². The summed E-state index contributed by atoms with van der Waals surface area (Å²) < 4.78 is 1.77. The van der Waals surface area contributed by atoms with E-state index in [1.807, 2.05) is 0 Å². The van der Waals surface area contributed by atoms with Gasteiger partial charge in [0.2, 0.25) is 0 Å². The van der Waals surface area contributed by atoms with Gasteiger partial charge in [-0.25, -0.2) is 0 Å². The predicted octanol–water partition coefficient (Wildman–Crippen LogP) is 1.60. The van der Waals surface area contributed by atoms with Crippen molar-refractivity contribution in [3.8, 4) is 0 Å². The fraction of sp³-hybridized carbons (Fsp3) is 0.300. The molecule has 0 atom stereocenters. The van der Waals surface area contributed by atoms with Gasteiger partial charge >= 0.3 is 83.6 Å². The normalized spacial score (nSPS) is 18.8. The second-order valence-corrected chi connectivity index (χ2v) is 20.1. The van der Waals surface area contributed by atoms with Crippen LogP contribution in [0.25, 0.3) is 0 Å². The van der Waals surface area contributed by atoms with E-state index < -0.39 is 14.8 Å². The van der Waals surface area contributed by atoms with Gasteiger partial charge in [0, 0.05) is 0 Å². The Morgan fingerprint density at radius 1 is 1.07 bits per heavy atom. The molecule has 1 rings (SSSR count). The van der Waals surface area contributed by atoms with E-state index in [4.69, 9.17) is 0 Å². The summed E-state index contributed by atoms with van der Waals surface area (Å²) in [6, 6.07) is 0. The molecular formula is C10H13O3W. The molecule has 1 aliphatic rings. The predicted molar refractivity (Wildman–Crippen MR) is 52.8 cm³/mol. The van der Waals surface area contributed by atoms with Crippen LogP contribution in [-0.4, -0.2) is 14.0 Å². The van der Waals surface area contributed by atoms with E-state index in [1.165, 1.54) is 0 Å². The summed E-state index contributed by atoms with van der Waals surface area (Å²) in [5, 5.41) is 0. The molecule has 0 heterocycles. The van der Waals surface area contributed by atoms with E-state index in [0.717, 1.165) is 0 Å². The Hall–Kier alpha value is -0.822. The number of allylic oxidation sites excluding steroid dienone is 4. The summed E-state index contributed by atoms with van der Waals surface area (Å²) in [5.41, 5.74) is 0. The van der Waals surface area contributed by atoms with Crippen LogP contribution >= 0.6 is 0 Å². The van der Waals surface area contributed by atoms with Crippen LogP contribution in [0.5, 0.6) is 0 Å². The molecule has 0 aromatic carbocycles. The molecule has 14 heavy (non-hydrogen) atoms. The molecule has 1 aliphatic carbocycles. The van der Waals surface area contributed by atoms with Crippen LogP contribution in [0, 0.1) is 0 Å². The van der Waals surface area contributed by atoms with Gasteiger partial charge in [-0.1, -0.05) is 0 Å². The Balaban J connectivity index is 3.33. The Bertz CT molecular complexity index is 294. The Morgan fingerprint density at radius 3 is 1.79 bits per heavy atom. The summed E-state index contributed by atoms with van der Waals surface area (Å²) in [6.45, 7) is 1.75. The van der Waals surface area contributed by atoms with Gasteiger partial charge in [0.05, 0.1) is 0 Å². The average Bonchev–Trinajstić information content (AvgIpc) is 2.78. The second kappa shape index (κ2) is 3.74. The zero-order valence-electron chi connectivity index (χ0n) is 7.96. The molecule has 0 N–H and O–H groups in total. The van der Waals surface area contributed by atoms with Crippen LogP contribution < -0.4 is 0 Å². The fourth-order valence-electron chi connectivity index (χ4n) is 1.45. The average molecular weight is 365 g/mol. The SMILES string of the molecule is C[CH2][W]([CH]=O)([CH]=O)([CH]=O)[CH]1C=CC=C1. The zero-order chi connectivity index (χ0) is 10.7. The molecule has 0 spiro atoms. The van der Waals surface area contributed by atoms with Crippen LogP contribution in [0.2, 0.25) is 9.12 Å². The van der Waals surface area contributed by atoms with Gasteiger partial charge in [0.15, 0.2) is 0 Å². The van der Waals surface area contributed by atoms with Gasteiger partial charge in [-0.05, 0) is 0 Å². The number of hydrogen-bond acceptors (Lipinski definition) is 3. The molecule has 0 aromatic heterocycles. The van der Waals surface area contributed by atoms with E-state index >= 15 is 0 Å². The third-order valence-electron chi connectivity index (χ3n) is 2.75. The van der Waals surface area contributed by atoms with Gasteiger partial charge in [-0.2, -0.15) is 0 Å². The maximum absolute atomic E-state index is 11.2. The molecule has 0 fully saturated rings. The minimum atomic E-state index is -4.44. The first-order valence-electron chi connectivity index (χ1n) is 4.31. The number of carbonyl (C=O) groups excluding carboxylic acids is 3. The van der Waals surface area contributed by atoms with Crippen molar-refractivity contribution in [2.75, 3.05) is 0 Å². The second-order valence-electron chi connectivity index (χ2n) is 3.29. The van der Waals surface area contributed by atoms with Crippen molar-refractivity contribution in [3.05, 3.63) is 24.3 Å². The van der Waals surface area contributed by atoms with E-state index in [0.29, 0.717) is 18.8 Å². The molecule has 0 saturated carbocycles. The first-order valence-corrected chi connectivity index (χ1v) is 13.2. The number of carbonyl (C=O) groups is 3. The van der Waals surface area contributed by atoms with Crippen LogP contribution in [-0.2, 0) is 29.2 Å². The first kappa shape index (κ1) is 11.3. The standard InChI is InChI=1S/C5H5.C2H5.3CHO.W/c1-2-4-5-3-1;4*1-2;/h1-5H;1H2,2H3;3*1H;. The summed E-state index contributed by atoms with van der Waals surface area (Å²) >= 11 is -4.44. The van der Waals surface area contributed by atoms with E-state index in [9.17, 15) is 14.4 Å². The zero-order valence-corrected chi connectivity index (χ0v) is 10.9. The van der Waals surface area contributed by atoms with Crippen LogP contribution in [0.1, 0.15) is 6.92 Å². The maximum atomic E-state index is 11.2. The van der Waals surface area contributed by atoms with E-state index in [-0.39, 0.29) is 4.31 Å². The van der Waals surface area contributed by atoms with Crippen molar-refractivity contribution in [1.29, 1.82) is 0 Å². The molecule has 0 unspecified atom stereocenters. The number of rotatable bonds is 5. The molecule has 0 aliphatic heterocycles. The van der Waals surface area contributed by atoms with Crippen molar-refractivity contribution in [2.24, 2.45) is 0 Å².